The Morgan fingerprint density at radius 2 is 1.85 bits per heavy atom. The number of hydrogen-bond donors (Lipinski definition) is 2. The number of carbonyl (C=O) groups excluding carboxylic acids is 2. The average Bonchev–Trinajstić information content (AvgIpc) is 3.11. The van der Waals surface area contributed by atoms with Gasteiger partial charge in [0.05, 0.1) is 12.7 Å². The minimum absolute atomic E-state index is 0.305. The van der Waals surface area contributed by atoms with Gasteiger partial charge in [0.25, 0.3) is 5.91 Å². The number of ether oxygens (including phenoxy) is 2. The number of para-hydroxylation sites is 1. The van der Waals surface area contributed by atoms with Gasteiger partial charge in [-0.05, 0) is 30.2 Å². The quantitative estimate of drug-likeness (QED) is 0.641. The first-order valence-corrected chi connectivity index (χ1v) is 8.30. The van der Waals surface area contributed by atoms with Crippen LogP contribution in [0.25, 0.3) is 10.9 Å². The molecule has 0 saturated carbocycles. The van der Waals surface area contributed by atoms with Crippen LogP contribution in [0.15, 0.2) is 54.7 Å². The van der Waals surface area contributed by atoms with E-state index in [1.165, 1.54) is 0 Å². The van der Waals surface area contributed by atoms with Crippen molar-refractivity contribution < 1.29 is 19.1 Å². The molecule has 1 amide bonds. The molecule has 0 fully saturated rings. The summed E-state index contributed by atoms with van der Waals surface area (Å²) < 4.78 is 10.2. The lowest BCUT2D eigenvalue weighted by Crippen LogP contribution is -2.30. The Morgan fingerprint density at radius 3 is 2.62 bits per heavy atom. The molecule has 26 heavy (non-hydrogen) atoms. The van der Waals surface area contributed by atoms with Crippen molar-refractivity contribution in [2.45, 2.75) is 6.42 Å². The number of nitrogens with one attached hydrogen (secondary N) is 2. The molecule has 6 nitrogen and oxygen atoms in total. The van der Waals surface area contributed by atoms with Gasteiger partial charge in [0.2, 0.25) is 0 Å². The van der Waals surface area contributed by atoms with Gasteiger partial charge >= 0.3 is 5.97 Å². The second-order valence-electron chi connectivity index (χ2n) is 5.77. The third-order valence-corrected chi connectivity index (χ3v) is 4.04. The van der Waals surface area contributed by atoms with E-state index in [0.29, 0.717) is 18.5 Å². The normalized spacial score (nSPS) is 10.5. The molecule has 0 atom stereocenters. The van der Waals surface area contributed by atoms with E-state index in [2.05, 4.69) is 10.3 Å². The monoisotopic (exact) mass is 352 g/mol. The van der Waals surface area contributed by atoms with Crippen LogP contribution < -0.4 is 10.1 Å². The van der Waals surface area contributed by atoms with E-state index >= 15 is 0 Å². The van der Waals surface area contributed by atoms with Crippen LogP contribution in [-0.2, 0) is 16.0 Å². The molecule has 6 heteroatoms. The largest absolute Gasteiger partial charge is 0.497 e. The second kappa shape index (κ2) is 8.20. The molecule has 2 aromatic carbocycles. The Morgan fingerprint density at radius 1 is 1.08 bits per heavy atom. The maximum absolute atomic E-state index is 12.1. The molecular weight excluding hydrogens is 332 g/mol. The zero-order chi connectivity index (χ0) is 18.4. The number of amides is 1. The number of carbonyl (C=O) groups is 2. The zero-order valence-corrected chi connectivity index (χ0v) is 14.5. The zero-order valence-electron chi connectivity index (χ0n) is 14.5. The molecule has 134 valence electrons. The van der Waals surface area contributed by atoms with Gasteiger partial charge in [-0.25, -0.2) is 4.79 Å². The fraction of sp³-hybridized carbons (Fsp3) is 0.200. The lowest BCUT2D eigenvalue weighted by Gasteiger charge is -2.07. The minimum atomic E-state index is -0.521. The first kappa shape index (κ1) is 17.5. The van der Waals surface area contributed by atoms with Gasteiger partial charge in [-0.2, -0.15) is 0 Å². The Bertz CT molecular complexity index is 900. The molecule has 0 bridgehead atoms. The number of aromatic amines is 1. The standard InChI is InChI=1S/C20H20N2O4/c1-25-15-8-6-14(7-9-15)10-11-21-19(23)13-26-20(24)17-12-22-18-5-3-2-4-16(17)18/h2-9,12,22H,10-11,13H2,1H3,(H,21,23). The molecule has 3 rings (SSSR count). The highest BCUT2D eigenvalue weighted by atomic mass is 16.5. The van der Waals surface area contributed by atoms with E-state index in [1.54, 1.807) is 13.3 Å². The van der Waals surface area contributed by atoms with Gasteiger partial charge in [-0.3, -0.25) is 4.79 Å². The van der Waals surface area contributed by atoms with Gasteiger partial charge in [0, 0.05) is 23.6 Å². The molecule has 0 radical (unpaired) electrons. The number of rotatable bonds is 7. The van der Waals surface area contributed by atoms with Gasteiger partial charge < -0.3 is 19.8 Å². The average molecular weight is 352 g/mol. The summed E-state index contributed by atoms with van der Waals surface area (Å²) in [5, 5.41) is 3.52. The molecule has 1 aromatic heterocycles. The van der Waals surface area contributed by atoms with Crippen LogP contribution in [0.3, 0.4) is 0 Å². The van der Waals surface area contributed by atoms with Crippen molar-refractivity contribution in [3.8, 4) is 5.75 Å². The first-order chi connectivity index (χ1) is 12.7. The molecule has 0 aliphatic heterocycles. The summed E-state index contributed by atoms with van der Waals surface area (Å²) in [6.45, 7) is 0.163. The van der Waals surface area contributed by atoms with Crippen LogP contribution in [0.1, 0.15) is 15.9 Å². The maximum Gasteiger partial charge on any atom is 0.340 e. The van der Waals surface area contributed by atoms with Crippen molar-refractivity contribution in [1.29, 1.82) is 0 Å². The number of esters is 1. The summed E-state index contributed by atoms with van der Waals surface area (Å²) in [5.74, 6) is -0.0542. The summed E-state index contributed by atoms with van der Waals surface area (Å²) in [5.41, 5.74) is 2.36. The molecular formula is C20H20N2O4. The second-order valence-corrected chi connectivity index (χ2v) is 5.77. The van der Waals surface area contributed by atoms with E-state index in [1.807, 2.05) is 48.5 Å². The number of aromatic nitrogens is 1. The topological polar surface area (TPSA) is 80.4 Å². The van der Waals surface area contributed by atoms with E-state index < -0.39 is 5.97 Å². The molecule has 0 aliphatic rings. The molecule has 1 heterocycles. The summed E-state index contributed by atoms with van der Waals surface area (Å²) in [6, 6.07) is 15.1. The number of fused-ring (bicyclic) bond motifs is 1. The Hall–Kier alpha value is -3.28. The van der Waals surface area contributed by atoms with E-state index in [4.69, 9.17) is 9.47 Å². The van der Waals surface area contributed by atoms with Gasteiger partial charge in [-0.1, -0.05) is 30.3 Å². The number of hydrogen-bond acceptors (Lipinski definition) is 4. The highest BCUT2D eigenvalue weighted by Gasteiger charge is 2.14. The van der Waals surface area contributed by atoms with Crippen LogP contribution in [0, 0.1) is 0 Å². The highest BCUT2D eigenvalue weighted by molar-refractivity contribution is 6.04. The third kappa shape index (κ3) is 4.22. The van der Waals surface area contributed by atoms with Crippen molar-refractivity contribution in [2.75, 3.05) is 20.3 Å². The van der Waals surface area contributed by atoms with Crippen molar-refractivity contribution in [3.63, 3.8) is 0 Å². The molecule has 3 aromatic rings. The fourth-order valence-electron chi connectivity index (χ4n) is 2.64. The van der Waals surface area contributed by atoms with Crippen LogP contribution in [-0.4, -0.2) is 37.1 Å². The lowest BCUT2D eigenvalue weighted by molar-refractivity contribution is -0.124. The smallest absolute Gasteiger partial charge is 0.340 e. The molecule has 0 aliphatic carbocycles. The number of methoxy groups -OCH3 is 1. The van der Waals surface area contributed by atoms with Crippen LogP contribution in [0.2, 0.25) is 0 Å². The number of benzene rings is 2. The summed E-state index contributed by atoms with van der Waals surface area (Å²) >= 11 is 0. The SMILES string of the molecule is COc1ccc(CCNC(=O)COC(=O)c2c[nH]c3ccccc23)cc1. The fourth-order valence-corrected chi connectivity index (χ4v) is 2.64. The molecule has 0 spiro atoms. The molecule has 2 N–H and O–H groups in total. The summed E-state index contributed by atoms with van der Waals surface area (Å²) in [7, 11) is 1.62. The first-order valence-electron chi connectivity index (χ1n) is 8.30. The predicted octanol–water partition coefficient (Wildman–Crippen LogP) is 2.69. The van der Waals surface area contributed by atoms with Crippen LogP contribution in [0.5, 0.6) is 5.75 Å². The van der Waals surface area contributed by atoms with Crippen molar-refractivity contribution in [1.82, 2.24) is 10.3 Å². The lowest BCUT2D eigenvalue weighted by atomic mass is 10.1. The highest BCUT2D eigenvalue weighted by Crippen LogP contribution is 2.18. The third-order valence-electron chi connectivity index (χ3n) is 4.04. The van der Waals surface area contributed by atoms with Gasteiger partial charge in [-0.15, -0.1) is 0 Å². The van der Waals surface area contributed by atoms with Crippen LogP contribution in [0.4, 0.5) is 0 Å². The maximum atomic E-state index is 12.1. The Balaban J connectivity index is 1.44. The van der Waals surface area contributed by atoms with E-state index in [0.717, 1.165) is 22.2 Å². The molecule has 0 unspecified atom stereocenters. The van der Waals surface area contributed by atoms with Crippen molar-refractivity contribution in [3.05, 3.63) is 65.9 Å². The van der Waals surface area contributed by atoms with Crippen LogP contribution >= 0.6 is 0 Å². The van der Waals surface area contributed by atoms with Crippen molar-refractivity contribution in [2.24, 2.45) is 0 Å². The van der Waals surface area contributed by atoms with Gasteiger partial charge in [0.15, 0.2) is 6.61 Å². The predicted molar refractivity (Wildman–Crippen MR) is 98.3 cm³/mol. The van der Waals surface area contributed by atoms with Crippen molar-refractivity contribution >= 4 is 22.8 Å². The molecule has 0 saturated heterocycles. The Labute approximate surface area is 151 Å². The summed E-state index contributed by atoms with van der Waals surface area (Å²) in [6.07, 6.45) is 2.28. The van der Waals surface area contributed by atoms with E-state index in [-0.39, 0.29) is 12.5 Å². The number of H-pyrrole nitrogens is 1. The van der Waals surface area contributed by atoms with Gasteiger partial charge in [0.1, 0.15) is 5.75 Å². The summed E-state index contributed by atoms with van der Waals surface area (Å²) in [4.78, 5) is 27.0. The Kier molecular flexibility index (Phi) is 5.53. The minimum Gasteiger partial charge on any atom is -0.497 e. The van der Waals surface area contributed by atoms with E-state index in [9.17, 15) is 9.59 Å².